The molecule has 0 radical (unpaired) electrons. The summed E-state index contributed by atoms with van der Waals surface area (Å²) in [6.45, 7) is 1.86. The zero-order valence-corrected chi connectivity index (χ0v) is 12.3. The zero-order chi connectivity index (χ0) is 16.3. The predicted octanol–water partition coefficient (Wildman–Crippen LogP) is 1.32. The van der Waals surface area contributed by atoms with E-state index in [0.717, 1.165) is 17.2 Å². The molecule has 0 aromatic heterocycles. The maximum Gasteiger partial charge on any atom is 0.206 e. The molecule has 0 saturated carbocycles. The number of benzene rings is 1. The Kier molecular flexibility index (Phi) is 4.47. The van der Waals surface area contributed by atoms with E-state index in [1.165, 1.54) is 7.11 Å². The van der Waals surface area contributed by atoms with Crippen molar-refractivity contribution in [3.05, 3.63) is 41.7 Å². The van der Waals surface area contributed by atoms with E-state index in [9.17, 15) is 14.8 Å². The second-order valence-corrected chi connectivity index (χ2v) is 4.62. The van der Waals surface area contributed by atoms with Crippen LogP contribution >= 0.6 is 0 Å². The van der Waals surface area contributed by atoms with Crippen LogP contribution in [0, 0.1) is 0 Å². The third-order valence-electron chi connectivity index (χ3n) is 3.13. The second-order valence-electron chi connectivity index (χ2n) is 4.62. The summed E-state index contributed by atoms with van der Waals surface area (Å²) >= 11 is 0. The number of ether oxygens (including phenoxy) is 1. The number of hydroxylamine groups is 2. The van der Waals surface area contributed by atoms with Crippen LogP contribution in [0.5, 0.6) is 5.75 Å². The number of nitrogens with two attached hydrogens (primary N) is 1. The van der Waals surface area contributed by atoms with Crippen LogP contribution < -0.4 is 15.8 Å². The van der Waals surface area contributed by atoms with Crippen LogP contribution in [0.2, 0.25) is 0 Å². The van der Waals surface area contributed by atoms with Gasteiger partial charge in [0.15, 0.2) is 0 Å². The van der Waals surface area contributed by atoms with E-state index in [1.54, 1.807) is 25.1 Å². The standard InChI is InChI=1S/C15H17N3O4/c1-3-18(21)12-8-13(19)11(7-14(12)20)17-10-5-4-9(16)6-15(10)22-2/h4-8,17,21H,3,16H2,1-2H3. The Morgan fingerprint density at radius 2 is 2.00 bits per heavy atom. The van der Waals surface area contributed by atoms with Gasteiger partial charge in [-0.2, -0.15) is 0 Å². The molecule has 0 heterocycles. The summed E-state index contributed by atoms with van der Waals surface area (Å²) in [5.74, 6) is -0.421. The van der Waals surface area contributed by atoms with Crippen molar-refractivity contribution < 1.29 is 19.5 Å². The van der Waals surface area contributed by atoms with Crippen molar-refractivity contribution in [2.24, 2.45) is 0 Å². The zero-order valence-electron chi connectivity index (χ0n) is 12.3. The normalized spacial score (nSPS) is 14.3. The average Bonchev–Trinajstić information content (AvgIpc) is 2.51. The maximum atomic E-state index is 12.1. The molecule has 0 unspecified atom stereocenters. The summed E-state index contributed by atoms with van der Waals surface area (Å²) in [5, 5.41) is 13.2. The Bertz CT molecular complexity index is 679. The number of carbonyl (C=O) groups excluding carboxylic acids is 2. The number of allylic oxidation sites excluding steroid dienone is 2. The smallest absolute Gasteiger partial charge is 0.206 e. The van der Waals surface area contributed by atoms with Crippen molar-refractivity contribution in [3.8, 4) is 5.75 Å². The summed E-state index contributed by atoms with van der Waals surface area (Å²) in [4.78, 5) is 24.0. The molecule has 22 heavy (non-hydrogen) atoms. The van der Waals surface area contributed by atoms with Crippen LogP contribution in [0.3, 0.4) is 0 Å². The maximum absolute atomic E-state index is 12.1. The average molecular weight is 303 g/mol. The molecule has 7 nitrogen and oxygen atoms in total. The molecule has 0 atom stereocenters. The van der Waals surface area contributed by atoms with E-state index in [1.807, 2.05) is 0 Å². The Hall–Kier alpha value is -2.80. The number of anilines is 2. The van der Waals surface area contributed by atoms with Crippen molar-refractivity contribution in [2.75, 3.05) is 24.7 Å². The largest absolute Gasteiger partial charge is 0.494 e. The van der Waals surface area contributed by atoms with Gasteiger partial charge in [0.2, 0.25) is 11.6 Å². The monoisotopic (exact) mass is 303 g/mol. The molecule has 0 saturated heterocycles. The fraction of sp³-hybridized carbons (Fsp3) is 0.200. The van der Waals surface area contributed by atoms with Crippen LogP contribution in [0.15, 0.2) is 41.7 Å². The Morgan fingerprint density at radius 3 is 2.64 bits per heavy atom. The highest BCUT2D eigenvalue weighted by Gasteiger charge is 2.24. The first-order valence-corrected chi connectivity index (χ1v) is 6.65. The topological polar surface area (TPSA) is 105 Å². The fourth-order valence-electron chi connectivity index (χ4n) is 1.98. The molecule has 0 spiro atoms. The Labute approximate surface area is 127 Å². The van der Waals surface area contributed by atoms with Gasteiger partial charge < -0.3 is 15.8 Å². The molecular formula is C15H17N3O4. The first-order valence-electron chi connectivity index (χ1n) is 6.65. The molecule has 0 aliphatic heterocycles. The molecule has 116 valence electrons. The number of nitrogens with zero attached hydrogens (tertiary/aromatic N) is 1. The van der Waals surface area contributed by atoms with Crippen LogP contribution in [0.1, 0.15) is 6.92 Å². The van der Waals surface area contributed by atoms with E-state index in [2.05, 4.69) is 5.32 Å². The molecular weight excluding hydrogens is 286 g/mol. The molecule has 1 aromatic carbocycles. The van der Waals surface area contributed by atoms with Crippen LogP contribution in [-0.2, 0) is 9.59 Å². The minimum absolute atomic E-state index is 0.0534. The van der Waals surface area contributed by atoms with Gasteiger partial charge in [-0.1, -0.05) is 0 Å². The van der Waals surface area contributed by atoms with Crippen molar-refractivity contribution >= 4 is 22.9 Å². The first kappa shape index (κ1) is 15.6. The molecule has 2 rings (SSSR count). The highest BCUT2D eigenvalue weighted by molar-refractivity contribution is 6.20. The van der Waals surface area contributed by atoms with Gasteiger partial charge in [0, 0.05) is 30.5 Å². The first-order chi connectivity index (χ1) is 10.5. The summed E-state index contributed by atoms with van der Waals surface area (Å²) in [7, 11) is 1.48. The lowest BCUT2D eigenvalue weighted by Crippen LogP contribution is -2.28. The van der Waals surface area contributed by atoms with Gasteiger partial charge in [0.1, 0.15) is 11.4 Å². The predicted molar refractivity (Wildman–Crippen MR) is 81.4 cm³/mol. The number of hydrogen-bond acceptors (Lipinski definition) is 7. The molecule has 0 amide bonds. The van der Waals surface area contributed by atoms with Crippen LogP contribution in [0.25, 0.3) is 0 Å². The Morgan fingerprint density at radius 1 is 1.27 bits per heavy atom. The summed E-state index contributed by atoms with van der Waals surface area (Å²) in [6, 6.07) is 4.90. The van der Waals surface area contributed by atoms with E-state index < -0.39 is 11.6 Å². The van der Waals surface area contributed by atoms with Gasteiger partial charge in [-0.15, -0.1) is 0 Å². The van der Waals surface area contributed by atoms with Gasteiger partial charge in [-0.25, -0.2) is 0 Å². The van der Waals surface area contributed by atoms with E-state index >= 15 is 0 Å². The SMILES string of the molecule is CCN(O)C1=CC(=O)C(Nc2ccc(N)cc2OC)=CC1=O. The second kappa shape index (κ2) is 6.31. The number of carbonyl (C=O) groups is 2. The third kappa shape index (κ3) is 3.09. The lowest BCUT2D eigenvalue weighted by Gasteiger charge is -2.20. The van der Waals surface area contributed by atoms with Gasteiger partial charge in [0.25, 0.3) is 0 Å². The van der Waals surface area contributed by atoms with Crippen LogP contribution in [0.4, 0.5) is 11.4 Å². The van der Waals surface area contributed by atoms with Gasteiger partial charge >= 0.3 is 0 Å². The molecule has 0 bridgehead atoms. The van der Waals surface area contributed by atoms with Crippen molar-refractivity contribution in [1.82, 2.24) is 5.06 Å². The van der Waals surface area contributed by atoms with Crippen molar-refractivity contribution in [3.63, 3.8) is 0 Å². The van der Waals surface area contributed by atoms with Gasteiger partial charge in [0.05, 0.1) is 18.5 Å². The van der Waals surface area contributed by atoms with Crippen molar-refractivity contribution in [1.29, 1.82) is 0 Å². The van der Waals surface area contributed by atoms with Gasteiger partial charge in [-0.05, 0) is 19.1 Å². The quantitative estimate of drug-likeness (QED) is 0.428. The highest BCUT2D eigenvalue weighted by Crippen LogP contribution is 2.28. The number of methoxy groups -OCH3 is 1. The van der Waals surface area contributed by atoms with Crippen molar-refractivity contribution in [2.45, 2.75) is 6.92 Å². The number of hydrogen-bond donors (Lipinski definition) is 3. The molecule has 1 aliphatic rings. The number of nitrogen functional groups attached to an aromatic ring is 1. The minimum Gasteiger partial charge on any atom is -0.494 e. The molecule has 7 heteroatoms. The summed E-state index contributed by atoms with van der Waals surface area (Å²) in [6.07, 6.45) is 2.24. The number of nitrogens with one attached hydrogen (secondary N) is 1. The Balaban J connectivity index is 2.26. The molecule has 1 aromatic rings. The molecule has 4 N–H and O–H groups in total. The van der Waals surface area contributed by atoms with Gasteiger partial charge in [-0.3, -0.25) is 19.9 Å². The van der Waals surface area contributed by atoms with E-state index in [4.69, 9.17) is 10.5 Å². The van der Waals surface area contributed by atoms with Crippen LogP contribution in [-0.4, -0.2) is 35.5 Å². The van der Waals surface area contributed by atoms with E-state index in [-0.39, 0.29) is 17.9 Å². The molecule has 1 aliphatic carbocycles. The summed E-state index contributed by atoms with van der Waals surface area (Å²) in [5.41, 5.74) is 6.74. The number of likely N-dealkylation sites (N-methyl/N-ethyl adjacent to an activating group) is 1. The summed E-state index contributed by atoms with van der Waals surface area (Å²) < 4.78 is 5.18. The molecule has 0 fully saturated rings. The minimum atomic E-state index is -0.458. The third-order valence-corrected chi connectivity index (χ3v) is 3.13. The lowest BCUT2D eigenvalue weighted by atomic mass is 10.1. The highest BCUT2D eigenvalue weighted by atomic mass is 16.5. The van der Waals surface area contributed by atoms with E-state index in [0.29, 0.717) is 17.1 Å². The number of rotatable bonds is 5. The number of ketones is 2. The fourth-order valence-corrected chi connectivity index (χ4v) is 1.98. The lowest BCUT2D eigenvalue weighted by molar-refractivity contribution is -0.122.